The van der Waals surface area contributed by atoms with Crippen LogP contribution >= 0.6 is 0 Å². The first kappa shape index (κ1) is 20.3. The molecule has 1 aromatic heterocycles. The summed E-state index contributed by atoms with van der Waals surface area (Å²) >= 11 is 0. The number of nitrogens with zero attached hydrogens (tertiary/aromatic N) is 5. The number of hydrogen-bond acceptors (Lipinski definition) is 6. The van der Waals surface area contributed by atoms with Gasteiger partial charge < -0.3 is 15.1 Å². The third kappa shape index (κ3) is 4.00. The van der Waals surface area contributed by atoms with Crippen LogP contribution in [0.25, 0.3) is 0 Å². The van der Waals surface area contributed by atoms with E-state index in [-0.39, 0.29) is 22.9 Å². The summed E-state index contributed by atoms with van der Waals surface area (Å²) in [7, 11) is 0. The van der Waals surface area contributed by atoms with Gasteiger partial charge in [-0.3, -0.25) is 4.79 Å². The van der Waals surface area contributed by atoms with Gasteiger partial charge in [0.05, 0.1) is 0 Å². The Morgan fingerprint density at radius 2 is 1.71 bits per heavy atom. The molecule has 5 aliphatic rings. The molecule has 4 saturated carbocycles. The van der Waals surface area contributed by atoms with Crippen LogP contribution in [0.15, 0.2) is 30.2 Å². The molecule has 2 heterocycles. The lowest BCUT2D eigenvalue weighted by Gasteiger charge is -2.59. The number of carbonyl (C=O) groups excluding carboxylic acids is 1. The Morgan fingerprint density at radius 3 is 2.26 bits per heavy atom. The zero-order valence-electron chi connectivity index (χ0n) is 18.3. The lowest BCUT2D eigenvalue weighted by Crippen LogP contribution is -2.56. The highest BCUT2D eigenvalue weighted by molar-refractivity contribution is 5.97. The van der Waals surface area contributed by atoms with Crippen LogP contribution in [0.4, 0.5) is 5.95 Å². The molecule has 4 aliphatic carbocycles. The molecule has 1 amide bonds. The van der Waals surface area contributed by atoms with Gasteiger partial charge in [0.15, 0.2) is 0 Å². The van der Waals surface area contributed by atoms with Crippen molar-refractivity contribution in [1.29, 1.82) is 5.26 Å². The van der Waals surface area contributed by atoms with Crippen molar-refractivity contribution >= 4 is 11.9 Å². The third-order valence-corrected chi connectivity index (χ3v) is 8.18. The molecule has 4 bridgehead atoms. The molecule has 31 heavy (non-hydrogen) atoms. The highest BCUT2D eigenvalue weighted by Crippen LogP contribution is 2.61. The fourth-order valence-corrected chi connectivity index (χ4v) is 6.96. The second-order valence-corrected chi connectivity index (χ2v) is 10.2. The van der Waals surface area contributed by atoms with E-state index in [0.29, 0.717) is 0 Å². The maximum atomic E-state index is 13.0. The number of aromatic nitrogens is 2. The number of piperazine rings is 1. The van der Waals surface area contributed by atoms with Crippen molar-refractivity contribution in [1.82, 2.24) is 20.2 Å². The van der Waals surface area contributed by atoms with Crippen LogP contribution in [0.1, 0.15) is 45.4 Å². The average molecular weight is 421 g/mol. The largest absolute Gasteiger partial charge is 0.373 e. The second kappa shape index (κ2) is 8.14. The van der Waals surface area contributed by atoms with Crippen molar-refractivity contribution in [2.45, 2.75) is 51.5 Å². The predicted octanol–water partition coefficient (Wildman–Crippen LogP) is 2.73. The molecule has 1 saturated heterocycles. The van der Waals surface area contributed by atoms with E-state index in [1.54, 1.807) is 18.6 Å². The first-order valence-electron chi connectivity index (χ1n) is 11.7. The maximum absolute atomic E-state index is 13.0. The van der Waals surface area contributed by atoms with Crippen molar-refractivity contribution in [3.63, 3.8) is 0 Å². The second-order valence-electron chi connectivity index (χ2n) is 10.2. The quantitative estimate of drug-likeness (QED) is 0.582. The van der Waals surface area contributed by atoms with Gasteiger partial charge in [0, 0.05) is 50.8 Å². The van der Waals surface area contributed by atoms with Gasteiger partial charge in [0.25, 0.3) is 5.91 Å². The minimum absolute atomic E-state index is 0.122. The molecule has 1 N–H and O–H groups in total. The zero-order chi connectivity index (χ0) is 21.4. The summed E-state index contributed by atoms with van der Waals surface area (Å²) in [6.45, 7) is 5.18. The van der Waals surface area contributed by atoms with Crippen molar-refractivity contribution in [3.8, 4) is 6.07 Å². The van der Waals surface area contributed by atoms with Crippen LogP contribution in [0.5, 0.6) is 0 Å². The van der Waals surface area contributed by atoms with Gasteiger partial charge in [-0.1, -0.05) is 0 Å². The molecule has 7 heteroatoms. The van der Waals surface area contributed by atoms with E-state index in [4.69, 9.17) is 0 Å². The van der Waals surface area contributed by atoms with Crippen LogP contribution in [-0.4, -0.2) is 53.0 Å². The lowest BCUT2D eigenvalue weighted by molar-refractivity contribution is -0.122. The zero-order valence-corrected chi connectivity index (χ0v) is 18.3. The molecule has 7 nitrogen and oxygen atoms in total. The minimum Gasteiger partial charge on any atom is -0.373 e. The van der Waals surface area contributed by atoms with Gasteiger partial charge in [-0.2, -0.15) is 5.26 Å². The Bertz CT molecular complexity index is 848. The number of rotatable bonds is 5. The summed E-state index contributed by atoms with van der Waals surface area (Å²) in [4.78, 5) is 25.8. The highest BCUT2D eigenvalue weighted by atomic mass is 16.1. The summed E-state index contributed by atoms with van der Waals surface area (Å²) in [5.41, 5.74) is 0.452. The Balaban J connectivity index is 1.20. The summed E-state index contributed by atoms with van der Waals surface area (Å²) < 4.78 is 0. The van der Waals surface area contributed by atoms with Crippen LogP contribution in [0, 0.1) is 34.5 Å². The summed E-state index contributed by atoms with van der Waals surface area (Å²) in [5.74, 6) is 3.05. The monoisotopic (exact) mass is 420 g/mol. The average Bonchev–Trinajstić information content (AvgIpc) is 2.77. The van der Waals surface area contributed by atoms with E-state index in [0.717, 1.165) is 49.9 Å². The van der Waals surface area contributed by atoms with Crippen LogP contribution < -0.4 is 10.2 Å². The highest BCUT2D eigenvalue weighted by Gasteiger charge is 2.53. The van der Waals surface area contributed by atoms with Gasteiger partial charge in [-0.05, 0) is 74.7 Å². The Morgan fingerprint density at radius 1 is 1.13 bits per heavy atom. The standard InChI is InChI=1S/C24H32N6O/c1-17(24-12-18-9-19(13-24)11-20(10-18)14-24)28-22(31)21(15-25)16-29-5-7-30(8-6-29)23-26-3-2-4-27-23/h2-4,16-20H,5-14H2,1H3,(H,28,31)/b21-16-. The fourth-order valence-electron chi connectivity index (χ4n) is 6.96. The Labute approximate surface area is 184 Å². The number of hydrogen-bond donors (Lipinski definition) is 1. The molecule has 164 valence electrons. The smallest absolute Gasteiger partial charge is 0.263 e. The van der Waals surface area contributed by atoms with Crippen molar-refractivity contribution in [2.24, 2.45) is 23.2 Å². The van der Waals surface area contributed by atoms with Gasteiger partial charge in [-0.25, -0.2) is 9.97 Å². The van der Waals surface area contributed by atoms with E-state index in [2.05, 4.69) is 38.1 Å². The Hall–Kier alpha value is -2.62. The first-order chi connectivity index (χ1) is 15.0. The summed E-state index contributed by atoms with van der Waals surface area (Å²) in [5, 5.41) is 12.9. The summed E-state index contributed by atoms with van der Waals surface area (Å²) in [6.07, 6.45) is 13.1. The molecular formula is C24H32N6O. The predicted molar refractivity (Wildman–Crippen MR) is 118 cm³/mol. The minimum atomic E-state index is -0.223. The number of nitrogens with one attached hydrogen (secondary N) is 1. The van der Waals surface area contributed by atoms with Crippen LogP contribution in [-0.2, 0) is 4.79 Å². The van der Waals surface area contributed by atoms with Crippen molar-refractivity contribution in [3.05, 3.63) is 30.2 Å². The third-order valence-electron chi connectivity index (χ3n) is 8.18. The van der Waals surface area contributed by atoms with Gasteiger partial charge in [0.2, 0.25) is 5.95 Å². The lowest BCUT2D eigenvalue weighted by atomic mass is 9.48. The summed E-state index contributed by atoms with van der Waals surface area (Å²) in [6, 6.07) is 4.07. The fraction of sp³-hybridized carbons (Fsp3) is 0.667. The molecule has 1 aliphatic heterocycles. The Kier molecular flexibility index (Phi) is 5.33. The molecule has 1 atom stereocenters. The van der Waals surface area contributed by atoms with Gasteiger partial charge in [-0.15, -0.1) is 0 Å². The normalized spacial score (nSPS) is 33.2. The van der Waals surface area contributed by atoms with Gasteiger partial charge >= 0.3 is 0 Å². The van der Waals surface area contributed by atoms with E-state index in [1.807, 2.05) is 6.07 Å². The topological polar surface area (TPSA) is 85.2 Å². The molecular weight excluding hydrogens is 388 g/mol. The molecule has 0 radical (unpaired) electrons. The molecule has 6 rings (SSSR count). The van der Waals surface area contributed by atoms with E-state index >= 15 is 0 Å². The van der Waals surface area contributed by atoms with E-state index in [9.17, 15) is 10.1 Å². The van der Waals surface area contributed by atoms with Crippen molar-refractivity contribution in [2.75, 3.05) is 31.1 Å². The van der Waals surface area contributed by atoms with Crippen molar-refractivity contribution < 1.29 is 4.79 Å². The number of nitriles is 1. The molecule has 0 aromatic carbocycles. The number of amides is 1. The molecule has 1 aromatic rings. The van der Waals surface area contributed by atoms with E-state index < -0.39 is 0 Å². The maximum Gasteiger partial charge on any atom is 0.263 e. The number of carbonyl (C=O) groups is 1. The van der Waals surface area contributed by atoms with E-state index in [1.165, 1.54) is 38.5 Å². The molecule has 0 spiro atoms. The SMILES string of the molecule is CC(NC(=O)/C(C#N)=C\N1CCN(c2ncccn2)CC1)C12CC3CC(CC(C3)C1)C2. The number of anilines is 1. The van der Waals surface area contributed by atoms with Crippen LogP contribution in [0.2, 0.25) is 0 Å². The van der Waals surface area contributed by atoms with Crippen LogP contribution in [0.3, 0.4) is 0 Å². The molecule has 5 fully saturated rings. The molecule has 1 unspecified atom stereocenters. The van der Waals surface area contributed by atoms with Gasteiger partial charge in [0.1, 0.15) is 11.6 Å². The first-order valence-corrected chi connectivity index (χ1v) is 11.7.